The van der Waals surface area contributed by atoms with Gasteiger partial charge in [-0.1, -0.05) is 30.3 Å². The van der Waals surface area contributed by atoms with Gasteiger partial charge in [-0.2, -0.15) is 0 Å². The van der Waals surface area contributed by atoms with Crippen LogP contribution in [0.1, 0.15) is 11.1 Å². The van der Waals surface area contributed by atoms with Crippen LogP contribution in [0.5, 0.6) is 11.6 Å². The summed E-state index contributed by atoms with van der Waals surface area (Å²) in [7, 11) is 0. The van der Waals surface area contributed by atoms with E-state index >= 15 is 0 Å². The Labute approximate surface area is 208 Å². The van der Waals surface area contributed by atoms with Crippen molar-refractivity contribution in [2.24, 2.45) is 0 Å². The zero-order chi connectivity index (χ0) is 23.6. The molecule has 36 heavy (non-hydrogen) atoms. The fourth-order valence-corrected chi connectivity index (χ4v) is 5.89. The van der Waals surface area contributed by atoms with Gasteiger partial charge in [-0.15, -0.1) is 9.13 Å². The van der Waals surface area contributed by atoms with Crippen LogP contribution in [0.15, 0.2) is 116 Å². The molecule has 0 N–H and O–H groups in total. The van der Waals surface area contributed by atoms with Gasteiger partial charge in [0.15, 0.2) is 12.4 Å². The lowest BCUT2D eigenvalue weighted by Gasteiger charge is -2.21. The number of nitrogens with zero attached hydrogens (tertiary/aromatic N) is 3. The summed E-state index contributed by atoms with van der Waals surface area (Å²) in [5.74, 6) is 1.75. The Balaban J connectivity index is 1.51. The number of aromatic nitrogens is 3. The van der Waals surface area contributed by atoms with E-state index in [2.05, 4.69) is 117 Å². The molecule has 0 radical (unpaired) electrons. The largest absolute Gasteiger partial charge is 0.405 e. The van der Waals surface area contributed by atoms with Crippen LogP contribution in [0.25, 0.3) is 39.0 Å². The lowest BCUT2D eigenvalue weighted by molar-refractivity contribution is -0.908. The van der Waals surface area contributed by atoms with E-state index in [1.165, 1.54) is 50.1 Å². The Bertz CT molecular complexity index is 1820. The van der Waals surface area contributed by atoms with Crippen molar-refractivity contribution >= 4 is 10.9 Å². The number of pyridine rings is 2. The van der Waals surface area contributed by atoms with Gasteiger partial charge in [0.25, 0.3) is 0 Å². The van der Waals surface area contributed by atoms with Gasteiger partial charge in [0.05, 0.1) is 17.1 Å². The quantitative estimate of drug-likeness (QED) is 0.270. The van der Waals surface area contributed by atoms with E-state index in [1.54, 1.807) is 0 Å². The van der Waals surface area contributed by atoms with E-state index in [0.717, 1.165) is 18.1 Å². The third-order valence-electron chi connectivity index (χ3n) is 7.52. The highest BCUT2D eigenvalue weighted by molar-refractivity contribution is 6.05. The van der Waals surface area contributed by atoms with Crippen molar-refractivity contribution in [3.05, 3.63) is 127 Å². The highest BCUT2D eigenvalue weighted by Gasteiger charge is 2.31. The number of rotatable bonds is 1. The minimum atomic E-state index is 0.663. The number of hydrogen-bond acceptors (Lipinski definition) is 1. The molecule has 1 aliphatic carbocycles. The summed E-state index contributed by atoms with van der Waals surface area (Å²) in [5.41, 5.74) is 10.0. The van der Waals surface area contributed by atoms with Crippen molar-refractivity contribution < 1.29 is 13.9 Å². The minimum absolute atomic E-state index is 0.663. The standard InChI is InChI=1S/C32H23N3O/c1-2-9-22(10-3-1)35-20-27-23-11-8-13-30-25(23)19-26-24(15-16-29(35)32(26)27)28-12-4-6-17-33(28)21-34-18-7-5-14-31(34)36-30/h1-18,20H,19,21H2/q+2. The maximum absolute atomic E-state index is 6.64. The summed E-state index contributed by atoms with van der Waals surface area (Å²) in [6.07, 6.45) is 7.37. The summed E-state index contributed by atoms with van der Waals surface area (Å²) < 4.78 is 13.4. The number of para-hydroxylation sites is 1. The number of fused-ring (bicyclic) bond motifs is 4. The topological polar surface area (TPSA) is 21.9 Å². The van der Waals surface area contributed by atoms with Crippen LogP contribution in [-0.4, -0.2) is 4.57 Å². The average molecular weight is 466 g/mol. The van der Waals surface area contributed by atoms with Crippen LogP contribution in [0.2, 0.25) is 0 Å². The Morgan fingerprint density at radius 1 is 0.639 bits per heavy atom. The van der Waals surface area contributed by atoms with E-state index in [4.69, 9.17) is 4.74 Å². The second-order valence-corrected chi connectivity index (χ2v) is 9.50. The third-order valence-corrected chi connectivity index (χ3v) is 7.52. The number of ether oxygens (including phenoxy) is 1. The predicted molar refractivity (Wildman–Crippen MR) is 139 cm³/mol. The average Bonchev–Trinajstić information content (AvgIpc) is 3.31. The first kappa shape index (κ1) is 19.6. The third kappa shape index (κ3) is 2.75. The van der Waals surface area contributed by atoms with Gasteiger partial charge in [0, 0.05) is 53.0 Å². The molecule has 0 spiro atoms. The fourth-order valence-electron chi connectivity index (χ4n) is 5.89. The van der Waals surface area contributed by atoms with Gasteiger partial charge in [-0.25, -0.2) is 0 Å². The Morgan fingerprint density at radius 3 is 2.39 bits per heavy atom. The van der Waals surface area contributed by atoms with Gasteiger partial charge in [-0.05, 0) is 53.6 Å². The normalized spacial score (nSPS) is 13.0. The van der Waals surface area contributed by atoms with Gasteiger partial charge >= 0.3 is 12.5 Å². The summed E-state index contributed by atoms with van der Waals surface area (Å²) in [6, 6.07) is 34.3. The summed E-state index contributed by atoms with van der Waals surface area (Å²) in [4.78, 5) is 0. The minimum Gasteiger partial charge on any atom is -0.405 e. The first-order chi connectivity index (χ1) is 17.8. The molecule has 3 aromatic carbocycles. The second kappa shape index (κ2) is 7.40. The van der Waals surface area contributed by atoms with E-state index in [0.29, 0.717) is 6.67 Å². The van der Waals surface area contributed by atoms with Crippen molar-refractivity contribution in [1.82, 2.24) is 4.57 Å². The van der Waals surface area contributed by atoms with Crippen molar-refractivity contribution in [2.75, 3.05) is 0 Å². The van der Waals surface area contributed by atoms with Crippen LogP contribution < -0.4 is 13.9 Å². The zero-order valence-corrected chi connectivity index (χ0v) is 19.6. The molecule has 4 nitrogen and oxygen atoms in total. The SMILES string of the molecule is c1ccc(-n2cc3c4c5c(ccc42)-c2cccc[n+]2C[n+]2ccccc2Oc2cccc-3c2C5)cc1. The molecule has 0 amide bonds. The molecule has 0 unspecified atom stereocenters. The van der Waals surface area contributed by atoms with Crippen LogP contribution in [-0.2, 0) is 13.1 Å². The molecule has 1 aliphatic heterocycles. The van der Waals surface area contributed by atoms with Crippen LogP contribution in [0.4, 0.5) is 0 Å². The van der Waals surface area contributed by atoms with Crippen molar-refractivity contribution in [1.29, 1.82) is 0 Å². The lowest BCUT2D eigenvalue weighted by Crippen LogP contribution is -2.52. The van der Waals surface area contributed by atoms with E-state index < -0.39 is 0 Å². The molecule has 6 aromatic rings. The van der Waals surface area contributed by atoms with Gasteiger partial charge < -0.3 is 9.30 Å². The molecule has 0 saturated heterocycles. The van der Waals surface area contributed by atoms with Gasteiger partial charge in [0.2, 0.25) is 5.69 Å². The van der Waals surface area contributed by atoms with Gasteiger partial charge in [0.1, 0.15) is 5.75 Å². The molecule has 0 saturated carbocycles. The molecule has 0 fully saturated rings. The molecule has 3 aromatic heterocycles. The maximum Gasteiger partial charge on any atom is 0.378 e. The van der Waals surface area contributed by atoms with Crippen molar-refractivity contribution in [3.8, 4) is 39.7 Å². The molecule has 4 heterocycles. The molecule has 2 bridgehead atoms. The van der Waals surface area contributed by atoms with Crippen molar-refractivity contribution in [3.63, 3.8) is 0 Å². The molecule has 170 valence electrons. The monoisotopic (exact) mass is 465 g/mol. The summed E-state index contributed by atoms with van der Waals surface area (Å²) >= 11 is 0. The van der Waals surface area contributed by atoms with E-state index in [9.17, 15) is 0 Å². The Kier molecular flexibility index (Phi) is 4.03. The number of hydrogen-bond donors (Lipinski definition) is 0. The first-order valence-corrected chi connectivity index (χ1v) is 12.3. The van der Waals surface area contributed by atoms with Crippen LogP contribution in [0, 0.1) is 0 Å². The van der Waals surface area contributed by atoms with E-state index in [1.807, 2.05) is 12.1 Å². The molecular formula is C32H23N3O+2. The van der Waals surface area contributed by atoms with Crippen molar-refractivity contribution in [2.45, 2.75) is 13.1 Å². The lowest BCUT2D eigenvalue weighted by atomic mass is 9.83. The fraction of sp³-hybridized carbons (Fsp3) is 0.0625. The molecule has 8 rings (SSSR count). The molecule has 0 atom stereocenters. The highest BCUT2D eigenvalue weighted by Crippen LogP contribution is 2.47. The second-order valence-electron chi connectivity index (χ2n) is 9.50. The maximum atomic E-state index is 6.64. The highest BCUT2D eigenvalue weighted by atomic mass is 16.5. The molecular weight excluding hydrogens is 442 g/mol. The summed E-state index contributed by atoms with van der Waals surface area (Å²) in [6.45, 7) is 0.663. The Morgan fingerprint density at radius 2 is 1.47 bits per heavy atom. The zero-order valence-electron chi connectivity index (χ0n) is 19.6. The van der Waals surface area contributed by atoms with Crippen LogP contribution >= 0.6 is 0 Å². The smallest absolute Gasteiger partial charge is 0.378 e. The molecule has 4 heteroatoms. The summed E-state index contributed by atoms with van der Waals surface area (Å²) in [5, 5.41) is 1.33. The van der Waals surface area contributed by atoms with E-state index in [-0.39, 0.29) is 0 Å². The van der Waals surface area contributed by atoms with Crippen LogP contribution in [0.3, 0.4) is 0 Å². The number of benzene rings is 3. The Hall–Kier alpha value is -4.70. The predicted octanol–water partition coefficient (Wildman–Crippen LogP) is 6.06. The molecule has 2 aliphatic rings. The first-order valence-electron chi connectivity index (χ1n) is 12.3. The van der Waals surface area contributed by atoms with Gasteiger partial charge in [-0.3, -0.25) is 0 Å².